The van der Waals surface area contributed by atoms with Crippen molar-refractivity contribution in [3.63, 3.8) is 0 Å². The second-order valence-electron chi connectivity index (χ2n) is 6.51. The molecule has 2 amide bonds. The summed E-state index contributed by atoms with van der Waals surface area (Å²) in [6.45, 7) is 3.30. The molecule has 3 aromatic rings. The summed E-state index contributed by atoms with van der Waals surface area (Å²) in [5, 5.41) is 2.54. The van der Waals surface area contributed by atoms with Gasteiger partial charge in [0.2, 0.25) is 5.91 Å². The monoisotopic (exact) mass is 402 g/mol. The summed E-state index contributed by atoms with van der Waals surface area (Å²) in [6, 6.07) is 7.55. The number of alkyl halides is 3. The number of carbonyl (C=O) groups is 2. The van der Waals surface area contributed by atoms with E-state index < -0.39 is 23.6 Å². The SMILES string of the molecule is Cc1cnc(-c2cc(C(=O)Nc3cccc(C(N)=O)c3C)cc(C(F)(F)F)c2)[nH]1. The zero-order valence-corrected chi connectivity index (χ0v) is 15.5. The highest BCUT2D eigenvalue weighted by Crippen LogP contribution is 2.33. The number of nitrogens with zero attached hydrogens (tertiary/aromatic N) is 1. The Morgan fingerprint density at radius 3 is 2.45 bits per heavy atom. The number of aryl methyl sites for hydroxylation is 1. The van der Waals surface area contributed by atoms with E-state index in [1.54, 1.807) is 13.8 Å². The van der Waals surface area contributed by atoms with Crippen LogP contribution in [0.5, 0.6) is 0 Å². The summed E-state index contributed by atoms with van der Waals surface area (Å²) in [6.07, 6.45) is -3.16. The average molecular weight is 402 g/mol. The number of amides is 2. The van der Waals surface area contributed by atoms with Crippen LogP contribution in [0.2, 0.25) is 0 Å². The van der Waals surface area contributed by atoms with Gasteiger partial charge < -0.3 is 16.0 Å². The molecule has 3 rings (SSSR count). The number of nitrogens with one attached hydrogen (secondary N) is 2. The van der Waals surface area contributed by atoms with Crippen molar-refractivity contribution in [2.45, 2.75) is 20.0 Å². The first-order valence-corrected chi connectivity index (χ1v) is 8.51. The Morgan fingerprint density at radius 1 is 1.14 bits per heavy atom. The molecular formula is C20H17F3N4O2. The number of aromatic amines is 1. The van der Waals surface area contributed by atoms with Gasteiger partial charge in [-0.2, -0.15) is 13.2 Å². The van der Waals surface area contributed by atoms with Crippen LogP contribution in [-0.4, -0.2) is 21.8 Å². The molecule has 1 heterocycles. The molecule has 0 saturated heterocycles. The zero-order chi connectivity index (χ0) is 21.3. The number of benzene rings is 2. The van der Waals surface area contributed by atoms with Crippen LogP contribution in [0.1, 0.15) is 37.5 Å². The molecule has 0 radical (unpaired) electrons. The van der Waals surface area contributed by atoms with Crippen LogP contribution >= 0.6 is 0 Å². The first-order chi connectivity index (χ1) is 13.6. The molecule has 29 heavy (non-hydrogen) atoms. The molecule has 150 valence electrons. The maximum Gasteiger partial charge on any atom is 0.416 e. The largest absolute Gasteiger partial charge is 0.416 e. The number of hydrogen-bond donors (Lipinski definition) is 3. The van der Waals surface area contributed by atoms with Crippen molar-refractivity contribution in [1.82, 2.24) is 9.97 Å². The lowest BCUT2D eigenvalue weighted by Crippen LogP contribution is -2.17. The minimum atomic E-state index is -4.64. The fraction of sp³-hybridized carbons (Fsp3) is 0.150. The minimum Gasteiger partial charge on any atom is -0.366 e. The van der Waals surface area contributed by atoms with Gasteiger partial charge in [-0.05, 0) is 49.7 Å². The molecule has 2 aromatic carbocycles. The number of hydrogen-bond acceptors (Lipinski definition) is 3. The number of anilines is 1. The van der Waals surface area contributed by atoms with Gasteiger partial charge in [0.05, 0.1) is 5.56 Å². The highest BCUT2D eigenvalue weighted by atomic mass is 19.4. The Labute approximate surface area is 164 Å². The van der Waals surface area contributed by atoms with E-state index in [0.717, 1.165) is 12.1 Å². The molecule has 0 aliphatic rings. The van der Waals surface area contributed by atoms with Gasteiger partial charge >= 0.3 is 6.18 Å². The summed E-state index contributed by atoms with van der Waals surface area (Å²) < 4.78 is 40.1. The summed E-state index contributed by atoms with van der Waals surface area (Å²) in [4.78, 5) is 31.0. The van der Waals surface area contributed by atoms with Gasteiger partial charge in [-0.1, -0.05) is 6.07 Å². The van der Waals surface area contributed by atoms with E-state index in [2.05, 4.69) is 15.3 Å². The van der Waals surface area contributed by atoms with Crippen molar-refractivity contribution >= 4 is 17.5 Å². The van der Waals surface area contributed by atoms with Gasteiger partial charge in [-0.25, -0.2) is 4.98 Å². The van der Waals surface area contributed by atoms with Crippen molar-refractivity contribution in [2.24, 2.45) is 5.73 Å². The summed E-state index contributed by atoms with van der Waals surface area (Å²) in [5.74, 6) is -1.21. The van der Waals surface area contributed by atoms with Crippen LogP contribution in [0.25, 0.3) is 11.4 Å². The minimum absolute atomic E-state index is 0.126. The van der Waals surface area contributed by atoms with Crippen molar-refractivity contribution in [1.29, 1.82) is 0 Å². The Morgan fingerprint density at radius 2 is 1.86 bits per heavy atom. The molecule has 0 aliphatic heterocycles. The Bertz CT molecular complexity index is 1100. The molecular weight excluding hydrogens is 385 g/mol. The highest BCUT2D eigenvalue weighted by molar-refractivity contribution is 6.06. The van der Waals surface area contributed by atoms with Gasteiger partial charge in [0, 0.05) is 34.3 Å². The van der Waals surface area contributed by atoms with Gasteiger partial charge in [-0.15, -0.1) is 0 Å². The predicted molar refractivity (Wildman–Crippen MR) is 101 cm³/mol. The van der Waals surface area contributed by atoms with E-state index >= 15 is 0 Å². The van der Waals surface area contributed by atoms with E-state index in [-0.39, 0.29) is 28.2 Å². The number of halogens is 3. The van der Waals surface area contributed by atoms with Crippen molar-refractivity contribution in [2.75, 3.05) is 5.32 Å². The van der Waals surface area contributed by atoms with Gasteiger partial charge in [0.15, 0.2) is 0 Å². The highest BCUT2D eigenvalue weighted by Gasteiger charge is 2.32. The van der Waals surface area contributed by atoms with Gasteiger partial charge in [-0.3, -0.25) is 9.59 Å². The van der Waals surface area contributed by atoms with E-state index in [4.69, 9.17) is 5.73 Å². The molecule has 0 aliphatic carbocycles. The average Bonchev–Trinajstić information content (AvgIpc) is 3.08. The van der Waals surface area contributed by atoms with Crippen molar-refractivity contribution in [3.8, 4) is 11.4 Å². The molecule has 0 saturated carbocycles. The van der Waals surface area contributed by atoms with Crippen LogP contribution in [-0.2, 0) is 6.18 Å². The lowest BCUT2D eigenvalue weighted by molar-refractivity contribution is -0.137. The maximum atomic E-state index is 13.4. The number of carbonyl (C=O) groups excluding carboxylic acids is 2. The van der Waals surface area contributed by atoms with Crippen molar-refractivity contribution < 1.29 is 22.8 Å². The number of rotatable bonds is 4. The topological polar surface area (TPSA) is 101 Å². The van der Waals surface area contributed by atoms with Crippen molar-refractivity contribution in [3.05, 3.63) is 70.5 Å². The second-order valence-corrected chi connectivity index (χ2v) is 6.51. The summed E-state index contributed by atoms with van der Waals surface area (Å²) >= 11 is 0. The van der Waals surface area contributed by atoms with Gasteiger partial charge in [0.1, 0.15) is 5.82 Å². The van der Waals surface area contributed by atoms with Gasteiger partial charge in [0.25, 0.3) is 5.91 Å². The lowest BCUT2D eigenvalue weighted by Gasteiger charge is -2.13. The standard InChI is InChI=1S/C20H17F3N4O2/c1-10-9-25-18(26-10)12-6-13(8-14(7-12)20(21,22)23)19(29)27-16-5-3-4-15(11(16)2)17(24)28/h3-9H,1-2H3,(H2,24,28)(H,25,26)(H,27,29). The number of aromatic nitrogens is 2. The lowest BCUT2D eigenvalue weighted by atomic mass is 10.0. The number of imidazole rings is 1. The number of nitrogens with two attached hydrogens (primary N) is 1. The molecule has 6 nitrogen and oxygen atoms in total. The van der Waals surface area contributed by atoms with E-state index in [0.29, 0.717) is 11.3 Å². The molecule has 0 atom stereocenters. The van der Waals surface area contributed by atoms with Crippen LogP contribution in [0.3, 0.4) is 0 Å². The van der Waals surface area contributed by atoms with Crippen LogP contribution in [0, 0.1) is 13.8 Å². The summed E-state index contributed by atoms with van der Waals surface area (Å²) in [5.41, 5.74) is 5.81. The smallest absolute Gasteiger partial charge is 0.366 e. The molecule has 0 fully saturated rings. The maximum absolute atomic E-state index is 13.4. The molecule has 9 heteroatoms. The van der Waals surface area contributed by atoms with E-state index in [1.807, 2.05) is 0 Å². The number of primary amides is 1. The molecule has 1 aromatic heterocycles. The molecule has 0 unspecified atom stereocenters. The third-order valence-electron chi connectivity index (χ3n) is 4.35. The first kappa shape index (κ1) is 20.1. The zero-order valence-electron chi connectivity index (χ0n) is 15.5. The van der Waals surface area contributed by atoms with Crippen LogP contribution in [0.15, 0.2) is 42.6 Å². The Balaban J connectivity index is 2.02. The predicted octanol–water partition coefficient (Wildman–Crippen LogP) is 4.06. The quantitative estimate of drug-likeness (QED) is 0.613. The van der Waals surface area contributed by atoms with E-state index in [9.17, 15) is 22.8 Å². The van der Waals surface area contributed by atoms with Crippen LogP contribution in [0.4, 0.5) is 18.9 Å². The second kappa shape index (κ2) is 7.42. The fourth-order valence-electron chi connectivity index (χ4n) is 2.85. The number of H-pyrrole nitrogens is 1. The Hall–Kier alpha value is -3.62. The fourth-order valence-corrected chi connectivity index (χ4v) is 2.85. The third kappa shape index (κ3) is 4.29. The molecule has 0 bridgehead atoms. The Kier molecular flexibility index (Phi) is 5.15. The molecule has 0 spiro atoms. The summed E-state index contributed by atoms with van der Waals surface area (Å²) in [7, 11) is 0. The normalized spacial score (nSPS) is 11.3. The first-order valence-electron chi connectivity index (χ1n) is 8.51. The van der Waals surface area contributed by atoms with Crippen LogP contribution < -0.4 is 11.1 Å². The molecule has 4 N–H and O–H groups in total. The van der Waals surface area contributed by atoms with E-state index in [1.165, 1.54) is 30.5 Å². The third-order valence-corrected chi connectivity index (χ3v) is 4.35.